The van der Waals surface area contributed by atoms with Gasteiger partial charge in [-0.15, -0.1) is 6.58 Å². The number of hydrogen-bond donors (Lipinski definition) is 0. The summed E-state index contributed by atoms with van der Waals surface area (Å²) in [4.78, 5) is 11.7. The average Bonchev–Trinajstić information content (AvgIpc) is 2.60. The minimum absolute atomic E-state index is 0.366. The molecule has 1 saturated carbocycles. The Morgan fingerprint density at radius 2 is 2.19 bits per heavy atom. The maximum atomic E-state index is 11.7. The van der Waals surface area contributed by atoms with E-state index in [1.54, 1.807) is 0 Å². The number of allylic oxidation sites excluding steroid dienone is 3. The first-order chi connectivity index (χ1) is 7.47. The summed E-state index contributed by atoms with van der Waals surface area (Å²) in [6.45, 7) is 10.5. The summed E-state index contributed by atoms with van der Waals surface area (Å²) >= 11 is 0. The van der Waals surface area contributed by atoms with Gasteiger partial charge in [0.25, 0.3) is 0 Å². The third-order valence-electron chi connectivity index (χ3n) is 4.57. The highest BCUT2D eigenvalue weighted by Gasteiger charge is 2.48. The second-order valence-corrected chi connectivity index (χ2v) is 6.02. The number of rotatable bonds is 3. The molecule has 0 bridgehead atoms. The Morgan fingerprint density at radius 1 is 1.50 bits per heavy atom. The zero-order valence-electron chi connectivity index (χ0n) is 10.7. The molecule has 0 heterocycles. The molecule has 0 amide bonds. The fourth-order valence-electron chi connectivity index (χ4n) is 3.64. The van der Waals surface area contributed by atoms with Gasteiger partial charge in [-0.05, 0) is 49.0 Å². The van der Waals surface area contributed by atoms with Crippen LogP contribution in [0.3, 0.4) is 0 Å². The van der Waals surface area contributed by atoms with Crippen LogP contribution in [0.15, 0.2) is 23.8 Å². The van der Waals surface area contributed by atoms with Crippen LogP contribution in [-0.4, -0.2) is 5.78 Å². The van der Waals surface area contributed by atoms with Crippen LogP contribution in [0.2, 0.25) is 0 Å². The third kappa shape index (κ3) is 1.66. The van der Waals surface area contributed by atoms with Crippen LogP contribution in [0.1, 0.15) is 46.5 Å². The predicted octanol–water partition coefficient (Wildman–Crippen LogP) is 3.90. The number of hydrogen-bond acceptors (Lipinski definition) is 1. The molecule has 2 atom stereocenters. The van der Waals surface area contributed by atoms with Gasteiger partial charge in [0.1, 0.15) is 0 Å². The van der Waals surface area contributed by atoms with E-state index in [1.807, 2.05) is 13.0 Å². The molecule has 0 unspecified atom stereocenters. The third-order valence-corrected chi connectivity index (χ3v) is 4.57. The normalized spacial score (nSPS) is 32.1. The van der Waals surface area contributed by atoms with Crippen LogP contribution < -0.4 is 0 Å². The first-order valence-corrected chi connectivity index (χ1v) is 6.31. The number of carbonyl (C=O) groups is 1. The Morgan fingerprint density at radius 3 is 2.81 bits per heavy atom. The lowest BCUT2D eigenvalue weighted by molar-refractivity contribution is -0.115. The molecule has 0 saturated heterocycles. The number of ketones is 1. The smallest absolute Gasteiger partial charge is 0.159 e. The van der Waals surface area contributed by atoms with Gasteiger partial charge in [0.05, 0.1) is 0 Å². The van der Waals surface area contributed by atoms with E-state index in [2.05, 4.69) is 20.4 Å². The van der Waals surface area contributed by atoms with Crippen molar-refractivity contribution >= 4 is 5.78 Å². The highest BCUT2D eigenvalue weighted by Crippen LogP contribution is 2.56. The second kappa shape index (κ2) is 3.87. The van der Waals surface area contributed by atoms with E-state index in [4.69, 9.17) is 0 Å². The molecule has 2 rings (SSSR count). The standard InChI is InChI=1S/C15H22O/c1-5-6-7-13-11-8-14(16)10(2)12(11)9-15(13,3)4/h5,11,13H,1,6-9H2,2-4H3/t11-,13+/m1/s1. The van der Waals surface area contributed by atoms with Crippen LogP contribution in [0, 0.1) is 17.3 Å². The van der Waals surface area contributed by atoms with Crippen LogP contribution in [-0.2, 0) is 4.79 Å². The Balaban J connectivity index is 2.26. The molecule has 2 aliphatic rings. The molecule has 0 N–H and O–H groups in total. The molecule has 0 aromatic rings. The fourth-order valence-corrected chi connectivity index (χ4v) is 3.64. The quantitative estimate of drug-likeness (QED) is 0.656. The SMILES string of the molecule is C=CCC[C@H]1[C@@H]2CC(=O)C(C)=C2CC1(C)C. The van der Waals surface area contributed by atoms with E-state index < -0.39 is 0 Å². The van der Waals surface area contributed by atoms with Crippen molar-refractivity contribution in [2.75, 3.05) is 0 Å². The van der Waals surface area contributed by atoms with E-state index in [-0.39, 0.29) is 0 Å². The van der Waals surface area contributed by atoms with E-state index in [0.717, 1.165) is 24.8 Å². The summed E-state index contributed by atoms with van der Waals surface area (Å²) in [6, 6.07) is 0. The highest BCUT2D eigenvalue weighted by molar-refractivity contribution is 5.98. The Kier molecular flexibility index (Phi) is 2.81. The molecule has 0 aromatic heterocycles. The summed E-state index contributed by atoms with van der Waals surface area (Å²) in [7, 11) is 0. The summed E-state index contributed by atoms with van der Waals surface area (Å²) < 4.78 is 0. The van der Waals surface area contributed by atoms with Crippen LogP contribution in [0.25, 0.3) is 0 Å². The lowest BCUT2D eigenvalue weighted by Crippen LogP contribution is -2.22. The highest BCUT2D eigenvalue weighted by atomic mass is 16.1. The van der Waals surface area contributed by atoms with Gasteiger partial charge in [0.2, 0.25) is 0 Å². The first-order valence-electron chi connectivity index (χ1n) is 6.31. The van der Waals surface area contributed by atoms with Gasteiger partial charge >= 0.3 is 0 Å². The number of fused-ring (bicyclic) bond motifs is 1. The average molecular weight is 218 g/mol. The minimum atomic E-state index is 0.366. The first kappa shape index (κ1) is 11.6. The number of carbonyl (C=O) groups excluding carboxylic acids is 1. The lowest BCUT2D eigenvalue weighted by atomic mass is 9.75. The molecule has 88 valence electrons. The van der Waals surface area contributed by atoms with E-state index in [9.17, 15) is 4.79 Å². The van der Waals surface area contributed by atoms with Crippen molar-refractivity contribution in [2.45, 2.75) is 46.5 Å². The predicted molar refractivity (Wildman–Crippen MR) is 67.1 cm³/mol. The van der Waals surface area contributed by atoms with Crippen molar-refractivity contribution in [3.63, 3.8) is 0 Å². The van der Waals surface area contributed by atoms with Gasteiger partial charge in [-0.25, -0.2) is 0 Å². The second-order valence-electron chi connectivity index (χ2n) is 6.02. The van der Waals surface area contributed by atoms with E-state index in [1.165, 1.54) is 12.0 Å². The van der Waals surface area contributed by atoms with Crippen molar-refractivity contribution in [1.82, 2.24) is 0 Å². The zero-order valence-corrected chi connectivity index (χ0v) is 10.7. The fraction of sp³-hybridized carbons (Fsp3) is 0.667. The summed E-state index contributed by atoms with van der Waals surface area (Å²) in [5.74, 6) is 1.60. The molecular weight excluding hydrogens is 196 g/mol. The van der Waals surface area contributed by atoms with Crippen molar-refractivity contribution in [3.8, 4) is 0 Å². The van der Waals surface area contributed by atoms with Crippen LogP contribution in [0.4, 0.5) is 0 Å². The molecule has 0 radical (unpaired) electrons. The Labute approximate surface area is 98.6 Å². The maximum absolute atomic E-state index is 11.7. The molecule has 1 fully saturated rings. The van der Waals surface area contributed by atoms with Crippen molar-refractivity contribution in [3.05, 3.63) is 23.8 Å². The molecule has 16 heavy (non-hydrogen) atoms. The largest absolute Gasteiger partial charge is 0.295 e. The summed E-state index contributed by atoms with van der Waals surface area (Å²) in [5, 5.41) is 0. The van der Waals surface area contributed by atoms with E-state index in [0.29, 0.717) is 23.0 Å². The van der Waals surface area contributed by atoms with Crippen LogP contribution in [0.5, 0.6) is 0 Å². The van der Waals surface area contributed by atoms with Crippen molar-refractivity contribution in [2.24, 2.45) is 17.3 Å². The van der Waals surface area contributed by atoms with Gasteiger partial charge in [-0.2, -0.15) is 0 Å². The number of Topliss-reactive ketones (excluding diaryl/α,β-unsaturated/α-hetero) is 1. The molecule has 2 aliphatic carbocycles. The Hall–Kier alpha value is -0.850. The molecular formula is C15H22O. The summed E-state index contributed by atoms with van der Waals surface area (Å²) in [5.41, 5.74) is 2.90. The van der Waals surface area contributed by atoms with E-state index >= 15 is 0 Å². The monoisotopic (exact) mass is 218 g/mol. The van der Waals surface area contributed by atoms with Crippen molar-refractivity contribution in [1.29, 1.82) is 0 Å². The zero-order chi connectivity index (χ0) is 11.9. The molecule has 0 aromatic carbocycles. The van der Waals surface area contributed by atoms with Gasteiger partial charge in [-0.1, -0.05) is 25.5 Å². The molecule has 0 aliphatic heterocycles. The molecule has 1 heteroatoms. The van der Waals surface area contributed by atoms with Gasteiger partial charge in [-0.3, -0.25) is 4.79 Å². The van der Waals surface area contributed by atoms with Gasteiger partial charge in [0, 0.05) is 6.42 Å². The molecule has 1 nitrogen and oxygen atoms in total. The maximum Gasteiger partial charge on any atom is 0.159 e. The van der Waals surface area contributed by atoms with Crippen molar-refractivity contribution < 1.29 is 4.79 Å². The summed E-state index contributed by atoms with van der Waals surface area (Å²) in [6.07, 6.45) is 6.15. The van der Waals surface area contributed by atoms with Crippen LogP contribution >= 0.6 is 0 Å². The lowest BCUT2D eigenvalue weighted by Gasteiger charge is -2.29. The van der Waals surface area contributed by atoms with Gasteiger partial charge in [0.15, 0.2) is 5.78 Å². The minimum Gasteiger partial charge on any atom is -0.295 e. The Bertz CT molecular complexity index is 360. The topological polar surface area (TPSA) is 17.1 Å². The van der Waals surface area contributed by atoms with Gasteiger partial charge < -0.3 is 0 Å². The molecule has 0 spiro atoms.